The highest BCUT2D eigenvalue weighted by Crippen LogP contribution is 2.32. The highest BCUT2D eigenvalue weighted by atomic mass is 16.4. The van der Waals surface area contributed by atoms with Gasteiger partial charge in [-0.2, -0.15) is 5.11 Å². The van der Waals surface area contributed by atoms with E-state index in [0.717, 1.165) is 16.8 Å². The number of anilines is 1. The zero-order valence-corrected chi connectivity index (χ0v) is 14.9. The lowest BCUT2D eigenvalue weighted by atomic mass is 10.1. The summed E-state index contributed by atoms with van der Waals surface area (Å²) in [6.45, 7) is 3.25. The second-order valence-electron chi connectivity index (χ2n) is 6.13. The van der Waals surface area contributed by atoms with Crippen molar-refractivity contribution in [2.45, 2.75) is 32.2 Å². The largest absolute Gasteiger partial charge is 0.394 e. The summed E-state index contributed by atoms with van der Waals surface area (Å²) in [7, 11) is 0. The lowest BCUT2D eigenvalue weighted by Gasteiger charge is -2.22. The first-order valence-corrected chi connectivity index (χ1v) is 8.40. The van der Waals surface area contributed by atoms with Gasteiger partial charge in [0.1, 0.15) is 17.9 Å². The quantitative estimate of drug-likeness (QED) is 0.463. The Bertz CT molecular complexity index is 737. The molecule has 7 nitrogen and oxygen atoms in total. The molecule has 2 aromatic rings. The summed E-state index contributed by atoms with van der Waals surface area (Å²) in [5, 5.41) is 49.6. The number of nitrogens with one attached hydrogen (secondary N) is 1. The maximum atomic E-state index is 9.97. The molecule has 0 saturated heterocycles. The van der Waals surface area contributed by atoms with Crippen LogP contribution in [0.15, 0.2) is 52.7 Å². The Kier molecular flexibility index (Phi) is 7.23. The molecule has 7 heteroatoms. The van der Waals surface area contributed by atoms with Crippen molar-refractivity contribution < 1.29 is 20.4 Å². The number of aliphatic hydroxyl groups is 4. The molecule has 3 atom stereocenters. The van der Waals surface area contributed by atoms with Crippen molar-refractivity contribution in [2.24, 2.45) is 10.2 Å². The average Bonchev–Trinajstić information content (AvgIpc) is 2.67. The Hall–Kier alpha value is -2.32. The number of aryl methyl sites for hydroxylation is 1. The van der Waals surface area contributed by atoms with E-state index in [1.807, 2.05) is 56.3 Å². The standard InChI is InChI=1S/C19H25N3O4/c1-12-8-9-15(20-10-16(24)19(26)17(25)11-23)18(13(12)2)22-21-14-6-4-3-5-7-14/h3-9,16-17,19-20,23-26H,10-11H2,1-2H3/t16-,17-,19+/m0/s1. The van der Waals surface area contributed by atoms with Crippen molar-refractivity contribution in [2.75, 3.05) is 18.5 Å². The van der Waals surface area contributed by atoms with E-state index >= 15 is 0 Å². The van der Waals surface area contributed by atoms with Crippen LogP contribution >= 0.6 is 0 Å². The summed E-state index contributed by atoms with van der Waals surface area (Å²) in [5.74, 6) is 0. The Morgan fingerprint density at radius 3 is 2.27 bits per heavy atom. The van der Waals surface area contributed by atoms with Gasteiger partial charge in [0.15, 0.2) is 0 Å². The van der Waals surface area contributed by atoms with E-state index < -0.39 is 24.9 Å². The maximum absolute atomic E-state index is 9.97. The van der Waals surface area contributed by atoms with E-state index in [-0.39, 0.29) is 6.54 Å². The molecule has 2 aromatic carbocycles. The van der Waals surface area contributed by atoms with Gasteiger partial charge in [0.05, 0.1) is 24.1 Å². The van der Waals surface area contributed by atoms with E-state index in [1.54, 1.807) is 0 Å². The van der Waals surface area contributed by atoms with Crippen LogP contribution in [0.4, 0.5) is 17.1 Å². The van der Waals surface area contributed by atoms with Gasteiger partial charge >= 0.3 is 0 Å². The SMILES string of the molecule is Cc1ccc(NC[C@H](O)[C@@H](O)[C@@H](O)CO)c(N=Nc2ccccc2)c1C. The van der Waals surface area contributed by atoms with Gasteiger partial charge in [-0.15, -0.1) is 5.11 Å². The molecule has 0 aromatic heterocycles. The molecule has 0 spiro atoms. The number of benzene rings is 2. The van der Waals surface area contributed by atoms with Crippen LogP contribution in [0.3, 0.4) is 0 Å². The number of aliphatic hydroxyl groups excluding tert-OH is 4. The zero-order valence-electron chi connectivity index (χ0n) is 14.9. The lowest BCUT2D eigenvalue weighted by molar-refractivity contribution is -0.0715. The van der Waals surface area contributed by atoms with E-state index in [0.29, 0.717) is 11.4 Å². The van der Waals surface area contributed by atoms with Crippen LogP contribution in [0.5, 0.6) is 0 Å². The minimum Gasteiger partial charge on any atom is -0.394 e. The lowest BCUT2D eigenvalue weighted by Crippen LogP contribution is -2.42. The maximum Gasteiger partial charge on any atom is 0.112 e. The minimum atomic E-state index is -1.45. The normalized spacial score (nSPS) is 15.0. The van der Waals surface area contributed by atoms with Crippen molar-refractivity contribution in [3.8, 4) is 0 Å². The zero-order chi connectivity index (χ0) is 19.1. The van der Waals surface area contributed by atoms with Crippen LogP contribution in [0.2, 0.25) is 0 Å². The third-order valence-electron chi connectivity index (χ3n) is 4.20. The van der Waals surface area contributed by atoms with Crippen molar-refractivity contribution in [1.82, 2.24) is 0 Å². The van der Waals surface area contributed by atoms with Gasteiger partial charge in [0.2, 0.25) is 0 Å². The molecule has 0 unspecified atom stereocenters. The summed E-state index contributed by atoms with van der Waals surface area (Å²) in [4.78, 5) is 0. The third kappa shape index (κ3) is 5.09. The van der Waals surface area contributed by atoms with Gasteiger partial charge in [-0.25, -0.2) is 0 Å². The van der Waals surface area contributed by atoms with Crippen molar-refractivity contribution >= 4 is 17.1 Å². The highest BCUT2D eigenvalue weighted by molar-refractivity contribution is 5.70. The van der Waals surface area contributed by atoms with Gasteiger partial charge < -0.3 is 25.7 Å². The number of hydrogen-bond acceptors (Lipinski definition) is 7. The number of nitrogens with zero attached hydrogens (tertiary/aromatic N) is 2. The first-order valence-electron chi connectivity index (χ1n) is 8.40. The molecule has 5 N–H and O–H groups in total. The molecule has 0 saturated carbocycles. The molecule has 0 fully saturated rings. The number of rotatable bonds is 8. The van der Waals surface area contributed by atoms with Crippen molar-refractivity contribution in [1.29, 1.82) is 0 Å². The van der Waals surface area contributed by atoms with Gasteiger partial charge in [0, 0.05) is 6.54 Å². The molecule has 0 amide bonds. The second kappa shape index (κ2) is 9.40. The predicted octanol–water partition coefficient (Wildman–Crippen LogP) is 2.21. The first-order chi connectivity index (χ1) is 12.4. The van der Waals surface area contributed by atoms with Gasteiger partial charge in [-0.3, -0.25) is 0 Å². The van der Waals surface area contributed by atoms with Gasteiger partial charge in [0.25, 0.3) is 0 Å². The summed E-state index contributed by atoms with van der Waals surface area (Å²) < 4.78 is 0. The van der Waals surface area contributed by atoms with Crippen LogP contribution in [0.1, 0.15) is 11.1 Å². The van der Waals surface area contributed by atoms with Crippen LogP contribution in [-0.2, 0) is 0 Å². The molecule has 0 radical (unpaired) electrons. The van der Waals surface area contributed by atoms with Crippen LogP contribution in [0, 0.1) is 13.8 Å². The number of azo groups is 1. The van der Waals surface area contributed by atoms with E-state index in [9.17, 15) is 15.3 Å². The molecular weight excluding hydrogens is 334 g/mol. The summed E-state index contributed by atoms with van der Waals surface area (Å²) in [6, 6.07) is 13.1. The van der Waals surface area contributed by atoms with Crippen LogP contribution < -0.4 is 5.32 Å². The molecule has 140 valence electrons. The molecule has 0 aliphatic carbocycles. The Labute approximate surface area is 152 Å². The van der Waals surface area contributed by atoms with Crippen molar-refractivity contribution in [3.63, 3.8) is 0 Å². The molecule has 0 bridgehead atoms. The van der Waals surface area contributed by atoms with E-state index in [1.165, 1.54) is 0 Å². The fourth-order valence-electron chi connectivity index (χ4n) is 2.37. The summed E-state index contributed by atoms with van der Waals surface area (Å²) >= 11 is 0. The molecule has 26 heavy (non-hydrogen) atoms. The molecule has 2 rings (SSSR count). The Balaban J connectivity index is 2.18. The van der Waals surface area contributed by atoms with Crippen LogP contribution in [-0.4, -0.2) is 51.9 Å². The topological polar surface area (TPSA) is 118 Å². The minimum absolute atomic E-state index is 0.0193. The van der Waals surface area contributed by atoms with Crippen LogP contribution in [0.25, 0.3) is 0 Å². The molecule has 0 heterocycles. The molecule has 0 aliphatic heterocycles. The van der Waals surface area contributed by atoms with Gasteiger partial charge in [-0.1, -0.05) is 24.3 Å². The first kappa shape index (κ1) is 20.0. The number of hydrogen-bond donors (Lipinski definition) is 5. The smallest absolute Gasteiger partial charge is 0.112 e. The Morgan fingerprint density at radius 1 is 0.923 bits per heavy atom. The molecule has 0 aliphatic rings. The third-order valence-corrected chi connectivity index (χ3v) is 4.20. The van der Waals surface area contributed by atoms with Crippen molar-refractivity contribution in [3.05, 3.63) is 53.6 Å². The van der Waals surface area contributed by atoms with E-state index in [4.69, 9.17) is 5.11 Å². The fraction of sp³-hybridized carbons (Fsp3) is 0.368. The Morgan fingerprint density at radius 2 is 1.62 bits per heavy atom. The summed E-state index contributed by atoms with van der Waals surface area (Å²) in [5.41, 5.74) is 4.01. The average molecular weight is 359 g/mol. The van der Waals surface area contributed by atoms with E-state index in [2.05, 4.69) is 15.5 Å². The highest BCUT2D eigenvalue weighted by Gasteiger charge is 2.24. The summed E-state index contributed by atoms with van der Waals surface area (Å²) in [6.07, 6.45) is -4.10. The predicted molar refractivity (Wildman–Crippen MR) is 100 cm³/mol. The van der Waals surface area contributed by atoms with Gasteiger partial charge in [-0.05, 0) is 43.2 Å². The second-order valence-corrected chi connectivity index (χ2v) is 6.13. The fourth-order valence-corrected chi connectivity index (χ4v) is 2.37. The monoisotopic (exact) mass is 359 g/mol. The molecular formula is C19H25N3O4.